The lowest BCUT2D eigenvalue weighted by molar-refractivity contribution is -0.129. The highest BCUT2D eigenvalue weighted by atomic mass is 19.1. The highest BCUT2D eigenvalue weighted by molar-refractivity contribution is 5.75. The van der Waals surface area contributed by atoms with Crippen molar-refractivity contribution in [3.05, 3.63) is 35.6 Å². The third-order valence-corrected chi connectivity index (χ3v) is 4.58. The Bertz CT molecular complexity index is 508. The Labute approximate surface area is 143 Å². The molecule has 24 heavy (non-hydrogen) atoms. The van der Waals surface area contributed by atoms with Gasteiger partial charge in [0, 0.05) is 38.6 Å². The van der Waals surface area contributed by atoms with Crippen molar-refractivity contribution in [2.45, 2.75) is 50.6 Å². The Morgan fingerprint density at radius 1 is 1.25 bits per heavy atom. The molecule has 2 unspecified atom stereocenters. The summed E-state index contributed by atoms with van der Waals surface area (Å²) >= 11 is 0. The highest BCUT2D eigenvalue weighted by Crippen LogP contribution is 2.24. The number of carbonyl (C=O) groups excluding carboxylic acids is 1. The number of carbonyl (C=O) groups is 1. The Morgan fingerprint density at radius 2 is 2.00 bits per heavy atom. The molecule has 1 fully saturated rings. The van der Waals surface area contributed by atoms with Gasteiger partial charge in [0.05, 0.1) is 0 Å². The second-order valence-corrected chi connectivity index (χ2v) is 6.53. The van der Waals surface area contributed by atoms with Crippen LogP contribution in [0.25, 0.3) is 0 Å². The number of nitrogens with one attached hydrogen (secondary N) is 2. The average molecular weight is 336 g/mol. The summed E-state index contributed by atoms with van der Waals surface area (Å²) in [5.74, 6) is -0.0718. The van der Waals surface area contributed by atoms with E-state index in [0.717, 1.165) is 44.2 Å². The number of halogens is 1. The maximum atomic E-state index is 13.0. The van der Waals surface area contributed by atoms with Crippen LogP contribution in [0.2, 0.25) is 0 Å². The topological polar surface area (TPSA) is 70.4 Å². The summed E-state index contributed by atoms with van der Waals surface area (Å²) < 4.78 is 13.0. The summed E-state index contributed by atoms with van der Waals surface area (Å²) in [4.78, 5) is 13.4. The van der Waals surface area contributed by atoms with Crippen LogP contribution in [0.1, 0.15) is 50.1 Å². The standard InChI is InChI=1S/C18H29FN4O/c1-23(18(24)10-11-20)12-4-2-3-5-16-13-17(22-21-16)14-6-8-15(19)9-7-14/h6-9,16-17,21-22H,2-5,10-13,20H2,1H3. The number of hydrogen-bond acceptors (Lipinski definition) is 4. The Balaban J connectivity index is 1.59. The van der Waals surface area contributed by atoms with Crippen LogP contribution in [-0.4, -0.2) is 37.0 Å². The first-order valence-electron chi connectivity index (χ1n) is 8.80. The van der Waals surface area contributed by atoms with Crippen molar-refractivity contribution in [3.63, 3.8) is 0 Å². The zero-order chi connectivity index (χ0) is 17.4. The molecule has 0 aliphatic carbocycles. The molecule has 0 spiro atoms. The van der Waals surface area contributed by atoms with Crippen molar-refractivity contribution in [1.82, 2.24) is 15.8 Å². The molecular formula is C18H29FN4O. The molecule has 1 aromatic carbocycles. The van der Waals surface area contributed by atoms with E-state index in [4.69, 9.17) is 5.73 Å². The van der Waals surface area contributed by atoms with Gasteiger partial charge in [0.25, 0.3) is 0 Å². The fraction of sp³-hybridized carbons (Fsp3) is 0.611. The van der Waals surface area contributed by atoms with Gasteiger partial charge in [0.2, 0.25) is 5.91 Å². The van der Waals surface area contributed by atoms with Crippen LogP contribution in [-0.2, 0) is 4.79 Å². The molecule has 0 saturated carbocycles. The van der Waals surface area contributed by atoms with E-state index in [-0.39, 0.29) is 17.8 Å². The van der Waals surface area contributed by atoms with E-state index in [1.807, 2.05) is 19.2 Å². The van der Waals surface area contributed by atoms with Gasteiger partial charge in [0.1, 0.15) is 5.82 Å². The van der Waals surface area contributed by atoms with Gasteiger partial charge in [-0.25, -0.2) is 4.39 Å². The van der Waals surface area contributed by atoms with Gasteiger partial charge < -0.3 is 10.6 Å². The van der Waals surface area contributed by atoms with E-state index < -0.39 is 0 Å². The molecule has 1 saturated heterocycles. The number of hydrazine groups is 1. The molecule has 0 aromatic heterocycles. The maximum Gasteiger partial charge on any atom is 0.223 e. The monoisotopic (exact) mass is 336 g/mol. The largest absolute Gasteiger partial charge is 0.346 e. The molecule has 134 valence electrons. The minimum absolute atomic E-state index is 0.126. The van der Waals surface area contributed by atoms with E-state index in [0.29, 0.717) is 19.0 Å². The second kappa shape index (κ2) is 9.71. The molecule has 0 bridgehead atoms. The fourth-order valence-electron chi connectivity index (χ4n) is 3.08. The van der Waals surface area contributed by atoms with Gasteiger partial charge in [-0.05, 0) is 37.0 Å². The minimum Gasteiger partial charge on any atom is -0.346 e. The quantitative estimate of drug-likeness (QED) is 0.604. The minimum atomic E-state index is -0.198. The van der Waals surface area contributed by atoms with Gasteiger partial charge in [-0.15, -0.1) is 0 Å². The molecule has 4 N–H and O–H groups in total. The van der Waals surface area contributed by atoms with Crippen LogP contribution < -0.4 is 16.6 Å². The van der Waals surface area contributed by atoms with Crippen LogP contribution in [0.5, 0.6) is 0 Å². The van der Waals surface area contributed by atoms with Gasteiger partial charge in [-0.1, -0.05) is 25.0 Å². The smallest absolute Gasteiger partial charge is 0.223 e. The van der Waals surface area contributed by atoms with Crippen LogP contribution in [0.3, 0.4) is 0 Å². The Hall–Kier alpha value is -1.50. The summed E-state index contributed by atoms with van der Waals surface area (Å²) in [5, 5.41) is 0. The summed E-state index contributed by atoms with van der Waals surface area (Å²) in [7, 11) is 1.84. The molecule has 1 aromatic rings. The SMILES string of the molecule is CN(CCCCCC1CC(c2ccc(F)cc2)NN1)C(=O)CCN. The van der Waals surface area contributed by atoms with Gasteiger partial charge in [-0.2, -0.15) is 0 Å². The molecule has 1 heterocycles. The number of nitrogens with two attached hydrogens (primary N) is 1. The van der Waals surface area contributed by atoms with E-state index in [2.05, 4.69) is 10.9 Å². The Kier molecular flexibility index (Phi) is 7.62. The van der Waals surface area contributed by atoms with Crippen LogP contribution in [0.4, 0.5) is 4.39 Å². The van der Waals surface area contributed by atoms with Crippen molar-refractivity contribution in [2.24, 2.45) is 5.73 Å². The van der Waals surface area contributed by atoms with Gasteiger partial charge in [0.15, 0.2) is 0 Å². The molecule has 0 radical (unpaired) electrons. The zero-order valence-electron chi connectivity index (χ0n) is 14.4. The zero-order valence-corrected chi connectivity index (χ0v) is 14.4. The normalized spacial score (nSPS) is 20.3. The number of benzene rings is 1. The number of unbranched alkanes of at least 4 members (excludes halogenated alkanes) is 2. The number of rotatable bonds is 9. The number of hydrogen-bond donors (Lipinski definition) is 3. The van der Waals surface area contributed by atoms with E-state index in [1.165, 1.54) is 12.1 Å². The van der Waals surface area contributed by atoms with Crippen molar-refractivity contribution in [1.29, 1.82) is 0 Å². The highest BCUT2D eigenvalue weighted by Gasteiger charge is 2.24. The van der Waals surface area contributed by atoms with Crippen LogP contribution in [0.15, 0.2) is 24.3 Å². The summed E-state index contributed by atoms with van der Waals surface area (Å²) in [6, 6.07) is 7.38. The molecule has 1 aliphatic heterocycles. The molecule has 6 heteroatoms. The van der Waals surface area contributed by atoms with Crippen molar-refractivity contribution in [2.75, 3.05) is 20.1 Å². The van der Waals surface area contributed by atoms with Crippen molar-refractivity contribution in [3.8, 4) is 0 Å². The number of amides is 1. The number of nitrogens with zero attached hydrogens (tertiary/aromatic N) is 1. The second-order valence-electron chi connectivity index (χ2n) is 6.53. The average Bonchev–Trinajstić information content (AvgIpc) is 3.04. The van der Waals surface area contributed by atoms with Crippen LogP contribution in [0, 0.1) is 5.82 Å². The predicted molar refractivity (Wildman–Crippen MR) is 93.6 cm³/mol. The summed E-state index contributed by atoms with van der Waals surface area (Å²) in [6.07, 6.45) is 5.81. The molecule has 1 amide bonds. The first kappa shape index (κ1) is 18.8. The lowest BCUT2D eigenvalue weighted by atomic mass is 9.99. The molecular weight excluding hydrogens is 307 g/mol. The molecule has 2 rings (SSSR count). The van der Waals surface area contributed by atoms with E-state index in [1.54, 1.807) is 4.90 Å². The lowest BCUT2D eigenvalue weighted by Crippen LogP contribution is -2.31. The summed E-state index contributed by atoms with van der Waals surface area (Å²) in [6.45, 7) is 1.21. The molecule has 1 aliphatic rings. The summed E-state index contributed by atoms with van der Waals surface area (Å²) in [5.41, 5.74) is 13.1. The third-order valence-electron chi connectivity index (χ3n) is 4.58. The molecule has 5 nitrogen and oxygen atoms in total. The first-order chi connectivity index (χ1) is 11.6. The Morgan fingerprint density at radius 3 is 2.71 bits per heavy atom. The first-order valence-corrected chi connectivity index (χ1v) is 8.80. The lowest BCUT2D eigenvalue weighted by Gasteiger charge is -2.16. The third kappa shape index (κ3) is 5.85. The van der Waals surface area contributed by atoms with Crippen molar-refractivity contribution < 1.29 is 9.18 Å². The van der Waals surface area contributed by atoms with E-state index in [9.17, 15) is 9.18 Å². The van der Waals surface area contributed by atoms with Crippen LogP contribution >= 0.6 is 0 Å². The predicted octanol–water partition coefficient (Wildman–Crippen LogP) is 2.10. The van der Waals surface area contributed by atoms with E-state index >= 15 is 0 Å². The van der Waals surface area contributed by atoms with Gasteiger partial charge >= 0.3 is 0 Å². The van der Waals surface area contributed by atoms with Crippen molar-refractivity contribution >= 4 is 5.91 Å². The molecule has 2 atom stereocenters. The maximum absolute atomic E-state index is 13.0. The van der Waals surface area contributed by atoms with Gasteiger partial charge in [-0.3, -0.25) is 15.6 Å². The fourth-order valence-corrected chi connectivity index (χ4v) is 3.08.